The summed E-state index contributed by atoms with van der Waals surface area (Å²) < 4.78 is 24.7. The Balaban J connectivity index is 1.42. The van der Waals surface area contributed by atoms with Gasteiger partial charge in [0, 0.05) is 44.1 Å². The number of fused-ring (bicyclic) bond motifs is 1. The number of hydrogen-bond acceptors (Lipinski definition) is 5. The topological polar surface area (TPSA) is 57.2 Å². The van der Waals surface area contributed by atoms with E-state index in [2.05, 4.69) is 0 Å². The molecule has 0 radical (unpaired) electrons. The zero-order valence-corrected chi connectivity index (χ0v) is 13.3. The van der Waals surface area contributed by atoms with Crippen molar-refractivity contribution in [3.63, 3.8) is 0 Å². The summed E-state index contributed by atoms with van der Waals surface area (Å²) in [6.45, 7) is 2.20. The molecule has 5 nitrogen and oxygen atoms in total. The monoisotopic (exact) mass is 312 g/mol. The normalized spacial score (nSPS) is 44.9. The Kier molecular flexibility index (Phi) is 4.20. The Labute approximate surface area is 132 Å². The molecule has 4 aliphatic rings. The van der Waals surface area contributed by atoms with E-state index in [1.54, 1.807) is 0 Å². The summed E-state index contributed by atoms with van der Waals surface area (Å²) in [4.78, 5) is 0. The van der Waals surface area contributed by atoms with Crippen LogP contribution in [0.2, 0.25) is 0 Å². The maximum absolute atomic E-state index is 9.27. The quantitative estimate of drug-likeness (QED) is 0.804. The Bertz CT molecular complexity index is 379. The van der Waals surface area contributed by atoms with E-state index in [-0.39, 0.29) is 24.4 Å². The van der Waals surface area contributed by atoms with Gasteiger partial charge in [-0.1, -0.05) is 6.42 Å². The van der Waals surface area contributed by atoms with Gasteiger partial charge in [0.1, 0.15) is 0 Å². The van der Waals surface area contributed by atoms with Gasteiger partial charge in [0.05, 0.1) is 25.9 Å². The van der Waals surface area contributed by atoms with Gasteiger partial charge in [-0.2, -0.15) is 0 Å². The van der Waals surface area contributed by atoms with Crippen LogP contribution in [0.4, 0.5) is 0 Å². The second-order valence-corrected chi connectivity index (χ2v) is 7.52. The molecular formula is C17H28O5. The molecule has 5 heteroatoms. The van der Waals surface area contributed by atoms with E-state index < -0.39 is 5.79 Å². The Morgan fingerprint density at radius 3 is 2.27 bits per heavy atom. The molecule has 4 fully saturated rings. The molecule has 1 aliphatic carbocycles. The summed E-state index contributed by atoms with van der Waals surface area (Å²) in [6.07, 6.45) is 8.57. The summed E-state index contributed by atoms with van der Waals surface area (Å²) in [5.74, 6) is -0.232. The first-order valence-electron chi connectivity index (χ1n) is 8.93. The molecule has 1 saturated carbocycles. The molecule has 3 aliphatic heterocycles. The molecule has 2 spiro atoms. The molecule has 3 heterocycles. The van der Waals surface area contributed by atoms with Crippen molar-refractivity contribution in [3.05, 3.63) is 0 Å². The number of aliphatic hydroxyl groups excluding tert-OH is 1. The second-order valence-electron chi connectivity index (χ2n) is 7.52. The molecule has 4 atom stereocenters. The van der Waals surface area contributed by atoms with Crippen molar-refractivity contribution in [3.8, 4) is 0 Å². The first-order chi connectivity index (χ1) is 10.7. The molecule has 1 N–H and O–H groups in total. The van der Waals surface area contributed by atoms with Crippen LogP contribution in [0.5, 0.6) is 0 Å². The van der Waals surface area contributed by atoms with Crippen molar-refractivity contribution < 1.29 is 24.1 Å². The van der Waals surface area contributed by atoms with Gasteiger partial charge in [-0.25, -0.2) is 0 Å². The predicted octanol–water partition coefficient (Wildman–Crippen LogP) is 2.21. The number of hydrogen-bond donors (Lipinski definition) is 1. The molecule has 0 aromatic carbocycles. The van der Waals surface area contributed by atoms with Crippen molar-refractivity contribution in [1.29, 1.82) is 0 Å². The smallest absolute Gasteiger partial charge is 0.170 e. The van der Waals surface area contributed by atoms with Crippen LogP contribution >= 0.6 is 0 Å². The van der Waals surface area contributed by atoms with Gasteiger partial charge in [0.25, 0.3) is 0 Å². The van der Waals surface area contributed by atoms with E-state index >= 15 is 0 Å². The molecule has 4 rings (SSSR count). The van der Waals surface area contributed by atoms with Crippen LogP contribution in [-0.4, -0.2) is 49.2 Å². The average Bonchev–Trinajstić information content (AvgIpc) is 2.56. The van der Waals surface area contributed by atoms with Gasteiger partial charge in [0.2, 0.25) is 0 Å². The predicted molar refractivity (Wildman–Crippen MR) is 79.2 cm³/mol. The molecule has 0 amide bonds. The van der Waals surface area contributed by atoms with Gasteiger partial charge in [-0.15, -0.1) is 0 Å². The SMILES string of the molecule is OC[C@@H]1CCC2(C[C@@H]3OC4(CCCCC4)OC[C@H]3CO2)OC1. The zero-order chi connectivity index (χ0) is 15.0. The summed E-state index contributed by atoms with van der Waals surface area (Å²) >= 11 is 0. The van der Waals surface area contributed by atoms with E-state index in [0.717, 1.165) is 38.7 Å². The number of aliphatic hydroxyl groups is 1. The molecular weight excluding hydrogens is 284 g/mol. The van der Waals surface area contributed by atoms with Crippen LogP contribution in [-0.2, 0) is 18.9 Å². The third-order valence-electron chi connectivity index (χ3n) is 5.91. The van der Waals surface area contributed by atoms with Crippen molar-refractivity contribution >= 4 is 0 Å². The lowest BCUT2D eigenvalue weighted by Crippen LogP contribution is -2.59. The molecule has 0 aromatic rings. The van der Waals surface area contributed by atoms with Crippen molar-refractivity contribution in [2.75, 3.05) is 26.4 Å². The molecule has 0 bridgehead atoms. The molecule has 0 aromatic heterocycles. The first-order valence-corrected chi connectivity index (χ1v) is 8.93. The van der Waals surface area contributed by atoms with E-state index in [4.69, 9.17) is 18.9 Å². The average molecular weight is 312 g/mol. The third kappa shape index (κ3) is 2.82. The van der Waals surface area contributed by atoms with Gasteiger partial charge < -0.3 is 24.1 Å². The van der Waals surface area contributed by atoms with Crippen molar-refractivity contribution in [2.45, 2.75) is 69.0 Å². The highest BCUT2D eigenvalue weighted by molar-refractivity contribution is 4.92. The highest BCUT2D eigenvalue weighted by Gasteiger charge is 2.51. The van der Waals surface area contributed by atoms with Gasteiger partial charge in [-0.05, 0) is 19.3 Å². The molecule has 22 heavy (non-hydrogen) atoms. The van der Waals surface area contributed by atoms with Crippen molar-refractivity contribution in [1.82, 2.24) is 0 Å². The Morgan fingerprint density at radius 2 is 1.59 bits per heavy atom. The maximum atomic E-state index is 9.27. The number of rotatable bonds is 1. The van der Waals surface area contributed by atoms with Crippen molar-refractivity contribution in [2.24, 2.45) is 11.8 Å². The minimum atomic E-state index is -0.486. The maximum Gasteiger partial charge on any atom is 0.170 e. The largest absolute Gasteiger partial charge is 0.396 e. The number of ether oxygens (including phenoxy) is 4. The van der Waals surface area contributed by atoms with E-state index in [1.807, 2.05) is 0 Å². The Hall–Kier alpha value is -0.200. The van der Waals surface area contributed by atoms with Crippen LogP contribution < -0.4 is 0 Å². The van der Waals surface area contributed by atoms with Gasteiger partial charge >= 0.3 is 0 Å². The highest BCUT2D eigenvalue weighted by atomic mass is 16.7. The van der Waals surface area contributed by atoms with E-state index in [9.17, 15) is 5.11 Å². The minimum Gasteiger partial charge on any atom is -0.396 e. The molecule has 3 saturated heterocycles. The standard InChI is InChI=1S/C17H28O5/c18-9-13-4-7-17(19-10-13)8-15-14(12-21-17)11-20-16(22-15)5-2-1-3-6-16/h13-15,18H,1-12H2/t13-,14-,15-,17?/m0/s1. The van der Waals surface area contributed by atoms with Crippen LogP contribution in [0.3, 0.4) is 0 Å². The summed E-state index contributed by atoms with van der Waals surface area (Å²) in [5, 5.41) is 9.27. The fourth-order valence-corrected chi connectivity index (χ4v) is 4.38. The van der Waals surface area contributed by atoms with E-state index in [1.165, 1.54) is 19.3 Å². The summed E-state index contributed by atoms with van der Waals surface area (Å²) in [5.41, 5.74) is 0. The van der Waals surface area contributed by atoms with Crippen LogP contribution in [0.25, 0.3) is 0 Å². The fourth-order valence-electron chi connectivity index (χ4n) is 4.38. The molecule has 126 valence electrons. The fraction of sp³-hybridized carbons (Fsp3) is 1.00. The lowest BCUT2D eigenvalue weighted by atomic mass is 9.85. The first kappa shape index (κ1) is 15.3. The highest BCUT2D eigenvalue weighted by Crippen LogP contribution is 2.45. The second kappa shape index (κ2) is 6.02. The van der Waals surface area contributed by atoms with Crippen LogP contribution in [0.15, 0.2) is 0 Å². The zero-order valence-electron chi connectivity index (χ0n) is 13.3. The summed E-state index contributed by atoms with van der Waals surface area (Å²) in [6, 6.07) is 0. The van der Waals surface area contributed by atoms with Gasteiger partial charge in [-0.3, -0.25) is 0 Å². The minimum absolute atomic E-state index is 0.186. The van der Waals surface area contributed by atoms with E-state index in [0.29, 0.717) is 19.1 Å². The summed E-state index contributed by atoms with van der Waals surface area (Å²) in [7, 11) is 0. The lowest BCUT2D eigenvalue weighted by Gasteiger charge is -2.53. The third-order valence-corrected chi connectivity index (χ3v) is 5.91. The lowest BCUT2D eigenvalue weighted by molar-refractivity contribution is -0.378. The van der Waals surface area contributed by atoms with Gasteiger partial charge in [0.15, 0.2) is 11.6 Å². The molecule has 1 unspecified atom stereocenters. The van der Waals surface area contributed by atoms with Crippen LogP contribution in [0, 0.1) is 11.8 Å². The van der Waals surface area contributed by atoms with Crippen LogP contribution in [0.1, 0.15) is 51.4 Å². The Morgan fingerprint density at radius 1 is 0.864 bits per heavy atom.